The van der Waals surface area contributed by atoms with Gasteiger partial charge in [-0.05, 0) is 67.4 Å². The summed E-state index contributed by atoms with van der Waals surface area (Å²) in [6.07, 6.45) is 5.40. The van der Waals surface area contributed by atoms with E-state index in [0.717, 1.165) is 39.0 Å². The summed E-state index contributed by atoms with van der Waals surface area (Å²) in [5, 5.41) is 8.16. The lowest BCUT2D eigenvalue weighted by Crippen LogP contribution is -2.14. The lowest BCUT2D eigenvalue weighted by Gasteiger charge is -2.13. The highest BCUT2D eigenvalue weighted by Crippen LogP contribution is 2.28. The molecule has 3 aromatic heterocycles. The first-order chi connectivity index (χ1) is 16.1. The molecule has 5 aromatic rings. The molecule has 33 heavy (non-hydrogen) atoms. The van der Waals surface area contributed by atoms with Crippen molar-refractivity contribution < 1.29 is 4.79 Å². The fourth-order valence-corrected chi connectivity index (χ4v) is 4.04. The minimum Gasteiger partial charge on any atom is -0.322 e. The second-order valence-corrected chi connectivity index (χ2v) is 8.11. The molecule has 0 aliphatic carbocycles. The van der Waals surface area contributed by atoms with Crippen LogP contribution in [0.5, 0.6) is 0 Å². The van der Waals surface area contributed by atoms with Crippen molar-refractivity contribution in [2.24, 2.45) is 0 Å². The van der Waals surface area contributed by atoms with Crippen LogP contribution in [0.25, 0.3) is 22.3 Å². The number of fused-ring (bicyclic) bond motifs is 1. The number of aromatic nitrogens is 4. The lowest BCUT2D eigenvalue weighted by molar-refractivity contribution is 0.102. The van der Waals surface area contributed by atoms with Gasteiger partial charge in [-0.3, -0.25) is 14.5 Å². The van der Waals surface area contributed by atoms with Gasteiger partial charge in [0.05, 0.1) is 29.0 Å². The maximum Gasteiger partial charge on any atom is 0.256 e. The van der Waals surface area contributed by atoms with Crippen molar-refractivity contribution in [3.63, 3.8) is 0 Å². The predicted octanol–water partition coefficient (Wildman–Crippen LogP) is 5.41. The Bertz CT molecular complexity index is 1440. The molecule has 0 atom stereocenters. The summed E-state index contributed by atoms with van der Waals surface area (Å²) in [7, 11) is 0. The first-order valence-corrected chi connectivity index (χ1v) is 10.8. The zero-order chi connectivity index (χ0) is 22.8. The van der Waals surface area contributed by atoms with Crippen molar-refractivity contribution in [1.82, 2.24) is 19.7 Å². The highest BCUT2D eigenvalue weighted by Gasteiger charge is 2.16. The third-order valence-corrected chi connectivity index (χ3v) is 5.51. The topological polar surface area (TPSA) is 72.7 Å². The number of anilines is 1. The van der Waals surface area contributed by atoms with Crippen molar-refractivity contribution in [3.8, 4) is 11.4 Å². The number of carbonyl (C=O) groups is 1. The van der Waals surface area contributed by atoms with Gasteiger partial charge >= 0.3 is 0 Å². The second-order valence-electron chi connectivity index (χ2n) is 8.11. The van der Waals surface area contributed by atoms with E-state index < -0.39 is 0 Å². The summed E-state index contributed by atoms with van der Waals surface area (Å²) >= 11 is 0. The van der Waals surface area contributed by atoms with Crippen molar-refractivity contribution in [3.05, 3.63) is 108 Å². The highest BCUT2D eigenvalue weighted by atomic mass is 16.1. The van der Waals surface area contributed by atoms with Crippen LogP contribution in [0.2, 0.25) is 0 Å². The summed E-state index contributed by atoms with van der Waals surface area (Å²) in [5.74, 6) is -0.180. The van der Waals surface area contributed by atoms with Crippen LogP contribution in [-0.4, -0.2) is 25.7 Å². The van der Waals surface area contributed by atoms with Gasteiger partial charge in [0.25, 0.3) is 5.91 Å². The van der Waals surface area contributed by atoms with E-state index in [1.807, 2.05) is 85.4 Å². The Balaban J connectivity index is 1.54. The monoisotopic (exact) mass is 433 g/mol. The molecule has 162 valence electrons. The Labute approximate surface area is 192 Å². The molecule has 2 aromatic carbocycles. The summed E-state index contributed by atoms with van der Waals surface area (Å²) in [5.41, 5.74) is 6.68. The molecular weight excluding hydrogens is 410 g/mol. The molecular formula is C27H23N5O. The number of hydrogen-bond acceptors (Lipinski definition) is 4. The Hall–Kier alpha value is -4.32. The summed E-state index contributed by atoms with van der Waals surface area (Å²) in [6.45, 7) is 4.68. The van der Waals surface area contributed by atoms with Gasteiger partial charge in [-0.1, -0.05) is 29.8 Å². The minimum atomic E-state index is -0.180. The van der Waals surface area contributed by atoms with Crippen LogP contribution in [-0.2, 0) is 6.54 Å². The van der Waals surface area contributed by atoms with Crippen molar-refractivity contribution >= 4 is 22.5 Å². The van der Waals surface area contributed by atoms with E-state index in [2.05, 4.69) is 21.5 Å². The van der Waals surface area contributed by atoms with Gasteiger partial charge in [-0.25, -0.2) is 4.98 Å². The average molecular weight is 434 g/mol. The summed E-state index contributed by atoms with van der Waals surface area (Å²) in [4.78, 5) is 22.8. The SMILES string of the molecule is Cc1cc(C)c2nc(-c3ccccn3)cc(C(=O)Nc3cccc(Cn4cccn4)c3)c2c1. The quantitative estimate of drug-likeness (QED) is 0.402. The van der Waals surface area contributed by atoms with Crippen LogP contribution in [0.4, 0.5) is 5.69 Å². The summed E-state index contributed by atoms with van der Waals surface area (Å²) < 4.78 is 1.85. The Morgan fingerprint density at radius 2 is 1.85 bits per heavy atom. The van der Waals surface area contributed by atoms with E-state index in [0.29, 0.717) is 17.8 Å². The number of pyridine rings is 2. The maximum absolute atomic E-state index is 13.5. The molecule has 0 aliphatic heterocycles. The number of nitrogens with zero attached hydrogens (tertiary/aromatic N) is 4. The van der Waals surface area contributed by atoms with Gasteiger partial charge in [0.1, 0.15) is 0 Å². The standard InChI is InChI=1S/C27H23N5O/c1-18-13-19(2)26-22(14-18)23(16-25(31-26)24-9-3-4-10-28-24)27(33)30-21-8-5-7-20(15-21)17-32-12-6-11-29-32/h3-16H,17H2,1-2H3,(H,30,33). The Morgan fingerprint density at radius 1 is 0.939 bits per heavy atom. The molecule has 1 N–H and O–H groups in total. The molecule has 0 radical (unpaired) electrons. The Morgan fingerprint density at radius 3 is 2.64 bits per heavy atom. The van der Waals surface area contributed by atoms with E-state index in [9.17, 15) is 4.79 Å². The van der Waals surface area contributed by atoms with Gasteiger partial charge in [-0.15, -0.1) is 0 Å². The molecule has 1 amide bonds. The number of nitrogens with one attached hydrogen (secondary N) is 1. The normalized spacial score (nSPS) is 11.0. The van der Waals surface area contributed by atoms with Crippen LogP contribution in [0.3, 0.4) is 0 Å². The lowest BCUT2D eigenvalue weighted by atomic mass is 10.00. The van der Waals surface area contributed by atoms with Crippen molar-refractivity contribution in [2.45, 2.75) is 20.4 Å². The second kappa shape index (κ2) is 8.67. The largest absolute Gasteiger partial charge is 0.322 e. The molecule has 0 fully saturated rings. The first-order valence-electron chi connectivity index (χ1n) is 10.8. The Kier molecular flexibility index (Phi) is 5.40. The first kappa shape index (κ1) is 20.6. The molecule has 0 bridgehead atoms. The van der Waals surface area contributed by atoms with Gasteiger partial charge in [0.2, 0.25) is 0 Å². The fraction of sp³-hybridized carbons (Fsp3) is 0.111. The molecule has 0 unspecified atom stereocenters. The zero-order valence-electron chi connectivity index (χ0n) is 18.5. The molecule has 6 nitrogen and oxygen atoms in total. The van der Waals surface area contributed by atoms with E-state index in [4.69, 9.17) is 4.98 Å². The number of benzene rings is 2. The number of carbonyl (C=O) groups excluding carboxylic acids is 1. The molecule has 0 saturated heterocycles. The van der Waals surface area contributed by atoms with Gasteiger partial charge < -0.3 is 5.32 Å². The smallest absolute Gasteiger partial charge is 0.256 e. The van der Waals surface area contributed by atoms with Crippen LogP contribution < -0.4 is 5.32 Å². The van der Waals surface area contributed by atoms with Crippen LogP contribution in [0.15, 0.2) is 85.3 Å². The van der Waals surface area contributed by atoms with E-state index in [1.54, 1.807) is 12.4 Å². The maximum atomic E-state index is 13.5. The van der Waals surface area contributed by atoms with Crippen molar-refractivity contribution in [2.75, 3.05) is 5.32 Å². The fourth-order valence-electron chi connectivity index (χ4n) is 4.04. The molecule has 6 heteroatoms. The number of hydrogen-bond donors (Lipinski definition) is 1. The number of aryl methyl sites for hydroxylation is 2. The summed E-state index contributed by atoms with van der Waals surface area (Å²) in [6, 6.07) is 21.3. The minimum absolute atomic E-state index is 0.180. The molecule has 0 aliphatic rings. The molecule has 0 spiro atoms. The van der Waals surface area contributed by atoms with Crippen LogP contribution in [0, 0.1) is 13.8 Å². The van der Waals surface area contributed by atoms with E-state index in [1.165, 1.54) is 0 Å². The average Bonchev–Trinajstić information content (AvgIpc) is 3.32. The van der Waals surface area contributed by atoms with Gasteiger partial charge in [-0.2, -0.15) is 5.10 Å². The van der Waals surface area contributed by atoms with Gasteiger partial charge in [0, 0.05) is 29.7 Å². The highest BCUT2D eigenvalue weighted by molar-refractivity contribution is 6.13. The predicted molar refractivity (Wildman–Crippen MR) is 130 cm³/mol. The van der Waals surface area contributed by atoms with Gasteiger partial charge in [0.15, 0.2) is 0 Å². The van der Waals surface area contributed by atoms with Crippen LogP contribution in [0.1, 0.15) is 27.0 Å². The third kappa shape index (κ3) is 4.36. The third-order valence-electron chi connectivity index (χ3n) is 5.51. The van der Waals surface area contributed by atoms with E-state index in [-0.39, 0.29) is 5.91 Å². The van der Waals surface area contributed by atoms with Crippen LogP contribution >= 0.6 is 0 Å². The molecule has 5 rings (SSSR count). The molecule has 0 saturated carbocycles. The zero-order valence-corrected chi connectivity index (χ0v) is 18.5. The van der Waals surface area contributed by atoms with Crippen molar-refractivity contribution in [1.29, 1.82) is 0 Å². The number of rotatable bonds is 5. The number of amides is 1. The molecule has 3 heterocycles. The van der Waals surface area contributed by atoms with E-state index >= 15 is 0 Å².